The van der Waals surface area contributed by atoms with Gasteiger partial charge in [-0.15, -0.1) is 11.3 Å². The SMILES string of the molecule is CCC(C)c1ccccc1Nc1nc(C)c(CC(=O)O)s1. The van der Waals surface area contributed by atoms with Gasteiger partial charge in [-0.05, 0) is 30.9 Å². The van der Waals surface area contributed by atoms with Gasteiger partial charge < -0.3 is 10.4 Å². The van der Waals surface area contributed by atoms with Crippen LogP contribution in [0.1, 0.15) is 42.3 Å². The van der Waals surface area contributed by atoms with Gasteiger partial charge in [-0.2, -0.15) is 0 Å². The minimum absolute atomic E-state index is 0.0260. The zero-order valence-corrected chi connectivity index (χ0v) is 13.3. The highest BCUT2D eigenvalue weighted by atomic mass is 32.1. The molecule has 0 saturated heterocycles. The summed E-state index contributed by atoms with van der Waals surface area (Å²) >= 11 is 1.41. The number of carboxylic acids is 1. The maximum atomic E-state index is 10.8. The van der Waals surface area contributed by atoms with E-state index in [4.69, 9.17) is 5.11 Å². The second-order valence-corrected chi connectivity index (χ2v) is 6.20. The Morgan fingerprint density at radius 1 is 1.43 bits per heavy atom. The molecule has 1 aromatic heterocycles. The number of hydrogen-bond donors (Lipinski definition) is 2. The molecule has 1 atom stereocenters. The highest BCUT2D eigenvalue weighted by Gasteiger charge is 2.13. The molecular weight excluding hydrogens is 284 g/mol. The molecule has 5 heteroatoms. The molecule has 0 aliphatic heterocycles. The van der Waals surface area contributed by atoms with Crippen LogP contribution in [0.5, 0.6) is 0 Å². The van der Waals surface area contributed by atoms with Gasteiger partial charge in [0.15, 0.2) is 5.13 Å². The molecular formula is C16H20N2O2S. The number of nitrogens with one attached hydrogen (secondary N) is 1. The first-order valence-electron chi connectivity index (χ1n) is 7.05. The van der Waals surface area contributed by atoms with Crippen molar-refractivity contribution in [3.63, 3.8) is 0 Å². The zero-order valence-electron chi connectivity index (χ0n) is 12.5. The summed E-state index contributed by atoms with van der Waals surface area (Å²) in [5, 5.41) is 13.0. The van der Waals surface area contributed by atoms with E-state index in [1.165, 1.54) is 16.9 Å². The van der Waals surface area contributed by atoms with E-state index in [1.54, 1.807) is 0 Å². The van der Waals surface area contributed by atoms with Crippen molar-refractivity contribution in [3.05, 3.63) is 40.4 Å². The summed E-state index contributed by atoms with van der Waals surface area (Å²) in [4.78, 5) is 16.1. The smallest absolute Gasteiger partial charge is 0.308 e. The van der Waals surface area contributed by atoms with Gasteiger partial charge >= 0.3 is 5.97 Å². The molecule has 0 bridgehead atoms. The molecule has 0 aliphatic rings. The van der Waals surface area contributed by atoms with Crippen molar-refractivity contribution in [2.75, 3.05) is 5.32 Å². The minimum atomic E-state index is -0.826. The number of carbonyl (C=O) groups is 1. The highest BCUT2D eigenvalue weighted by molar-refractivity contribution is 7.15. The van der Waals surface area contributed by atoms with Gasteiger partial charge in [0.25, 0.3) is 0 Å². The molecule has 1 aromatic carbocycles. The Morgan fingerprint density at radius 2 is 2.14 bits per heavy atom. The van der Waals surface area contributed by atoms with Crippen molar-refractivity contribution in [3.8, 4) is 0 Å². The number of aryl methyl sites for hydroxylation is 1. The summed E-state index contributed by atoms with van der Waals surface area (Å²) < 4.78 is 0. The first-order chi connectivity index (χ1) is 10.0. The van der Waals surface area contributed by atoms with Crippen molar-refractivity contribution in [1.29, 1.82) is 0 Å². The van der Waals surface area contributed by atoms with Gasteiger partial charge in [-0.3, -0.25) is 4.79 Å². The highest BCUT2D eigenvalue weighted by Crippen LogP contribution is 2.31. The monoisotopic (exact) mass is 304 g/mol. The fourth-order valence-corrected chi connectivity index (χ4v) is 3.12. The van der Waals surface area contributed by atoms with E-state index >= 15 is 0 Å². The van der Waals surface area contributed by atoms with E-state index in [-0.39, 0.29) is 6.42 Å². The average molecular weight is 304 g/mol. The van der Waals surface area contributed by atoms with Gasteiger partial charge in [0.1, 0.15) is 0 Å². The van der Waals surface area contributed by atoms with Gasteiger partial charge in [0.2, 0.25) is 0 Å². The van der Waals surface area contributed by atoms with Crippen LogP contribution in [0.2, 0.25) is 0 Å². The van der Waals surface area contributed by atoms with Crippen LogP contribution in [0.15, 0.2) is 24.3 Å². The summed E-state index contributed by atoms with van der Waals surface area (Å²) in [5.74, 6) is -0.360. The third-order valence-electron chi connectivity index (χ3n) is 3.55. The molecule has 1 unspecified atom stereocenters. The van der Waals surface area contributed by atoms with Crippen LogP contribution >= 0.6 is 11.3 Å². The number of anilines is 2. The maximum absolute atomic E-state index is 10.8. The zero-order chi connectivity index (χ0) is 15.4. The Labute approximate surface area is 128 Å². The van der Waals surface area contributed by atoms with Crippen molar-refractivity contribution in [1.82, 2.24) is 4.98 Å². The lowest BCUT2D eigenvalue weighted by molar-refractivity contribution is -0.136. The number of rotatable bonds is 6. The molecule has 0 aliphatic carbocycles. The Kier molecular flexibility index (Phi) is 4.96. The fraction of sp³-hybridized carbons (Fsp3) is 0.375. The Balaban J connectivity index is 2.24. The van der Waals surface area contributed by atoms with E-state index in [0.717, 1.165) is 27.8 Å². The summed E-state index contributed by atoms with van der Waals surface area (Å²) in [6, 6.07) is 8.19. The molecule has 0 saturated carbocycles. The van der Waals surface area contributed by atoms with Crippen LogP contribution in [0, 0.1) is 6.92 Å². The Morgan fingerprint density at radius 3 is 2.81 bits per heavy atom. The van der Waals surface area contributed by atoms with Gasteiger partial charge in [0, 0.05) is 10.6 Å². The van der Waals surface area contributed by atoms with Crippen molar-refractivity contribution >= 4 is 28.1 Å². The number of nitrogens with zero attached hydrogens (tertiary/aromatic N) is 1. The predicted molar refractivity (Wildman–Crippen MR) is 86.6 cm³/mol. The second kappa shape index (κ2) is 6.72. The van der Waals surface area contributed by atoms with Crippen LogP contribution in [0.4, 0.5) is 10.8 Å². The van der Waals surface area contributed by atoms with Gasteiger partial charge in [-0.25, -0.2) is 4.98 Å². The standard InChI is InChI=1S/C16H20N2O2S/c1-4-10(2)12-7-5-6-8-13(12)18-16-17-11(3)14(21-16)9-15(19)20/h5-8,10H,4,9H2,1-3H3,(H,17,18)(H,19,20). The molecule has 112 valence electrons. The van der Waals surface area contributed by atoms with Crippen molar-refractivity contribution in [2.24, 2.45) is 0 Å². The van der Waals surface area contributed by atoms with Gasteiger partial charge in [-0.1, -0.05) is 32.0 Å². The van der Waals surface area contributed by atoms with E-state index in [0.29, 0.717) is 5.92 Å². The maximum Gasteiger partial charge on any atom is 0.308 e. The quantitative estimate of drug-likeness (QED) is 0.833. The van der Waals surface area contributed by atoms with Crippen LogP contribution in [0.3, 0.4) is 0 Å². The molecule has 4 nitrogen and oxygen atoms in total. The minimum Gasteiger partial charge on any atom is -0.481 e. The van der Waals surface area contributed by atoms with Crippen LogP contribution < -0.4 is 5.32 Å². The molecule has 2 aromatic rings. The average Bonchev–Trinajstić information content (AvgIpc) is 2.78. The van der Waals surface area contributed by atoms with E-state index in [2.05, 4.69) is 30.2 Å². The Bertz CT molecular complexity index is 637. The first kappa shape index (κ1) is 15.5. The number of para-hydroxylation sites is 1. The third-order valence-corrected chi connectivity index (χ3v) is 4.62. The lowest BCUT2D eigenvalue weighted by Gasteiger charge is -2.14. The lowest BCUT2D eigenvalue weighted by Crippen LogP contribution is -1.99. The molecule has 21 heavy (non-hydrogen) atoms. The van der Waals surface area contributed by atoms with E-state index in [9.17, 15) is 4.79 Å². The first-order valence-corrected chi connectivity index (χ1v) is 7.87. The number of benzene rings is 1. The van der Waals surface area contributed by atoms with Crippen LogP contribution in [0.25, 0.3) is 0 Å². The number of aliphatic carboxylic acids is 1. The topological polar surface area (TPSA) is 62.2 Å². The summed E-state index contributed by atoms with van der Waals surface area (Å²) in [5.41, 5.74) is 3.08. The van der Waals surface area contributed by atoms with Crippen LogP contribution in [-0.2, 0) is 11.2 Å². The molecule has 1 heterocycles. The summed E-state index contributed by atoms with van der Waals surface area (Å²) in [6.45, 7) is 6.21. The third kappa shape index (κ3) is 3.82. The summed E-state index contributed by atoms with van der Waals surface area (Å²) in [7, 11) is 0. The molecule has 0 fully saturated rings. The van der Waals surface area contributed by atoms with E-state index < -0.39 is 5.97 Å². The lowest BCUT2D eigenvalue weighted by atomic mass is 9.97. The molecule has 0 amide bonds. The molecule has 0 spiro atoms. The van der Waals surface area contributed by atoms with Crippen molar-refractivity contribution < 1.29 is 9.90 Å². The van der Waals surface area contributed by atoms with Gasteiger partial charge in [0.05, 0.1) is 12.1 Å². The molecule has 2 N–H and O–H groups in total. The van der Waals surface area contributed by atoms with E-state index in [1.807, 2.05) is 25.1 Å². The number of aromatic nitrogens is 1. The Hall–Kier alpha value is -1.88. The molecule has 2 rings (SSSR count). The number of carboxylic acid groups (broad SMARTS) is 1. The number of hydrogen-bond acceptors (Lipinski definition) is 4. The van der Waals surface area contributed by atoms with Crippen molar-refractivity contribution in [2.45, 2.75) is 39.5 Å². The summed E-state index contributed by atoms with van der Waals surface area (Å²) in [6.07, 6.45) is 1.10. The number of thiazole rings is 1. The molecule has 0 radical (unpaired) electrons. The second-order valence-electron chi connectivity index (χ2n) is 5.12. The van der Waals surface area contributed by atoms with Crippen LogP contribution in [-0.4, -0.2) is 16.1 Å². The normalized spacial score (nSPS) is 12.1. The largest absolute Gasteiger partial charge is 0.481 e. The fourth-order valence-electron chi connectivity index (χ4n) is 2.16. The predicted octanol–water partition coefficient (Wildman–Crippen LogP) is 4.34.